The Morgan fingerprint density at radius 2 is 1.10 bits per heavy atom. The van der Waals surface area contributed by atoms with Crippen molar-refractivity contribution in [3.63, 3.8) is 0 Å². The molecule has 0 unspecified atom stereocenters. The van der Waals surface area contributed by atoms with E-state index in [4.69, 9.17) is 49.5 Å². The van der Waals surface area contributed by atoms with Crippen LogP contribution in [-0.4, -0.2) is 149 Å². The third kappa shape index (κ3) is 22.8. The van der Waals surface area contributed by atoms with Crippen molar-refractivity contribution in [3.8, 4) is 23.0 Å². The van der Waals surface area contributed by atoms with E-state index in [-0.39, 0.29) is 45.0 Å². The number of nitrogens with one attached hydrogen (secondary N) is 1. The molecule has 78 heavy (non-hydrogen) atoms. The van der Waals surface area contributed by atoms with Crippen LogP contribution < -0.4 is 24.3 Å². The number of methoxy groups -OCH3 is 4. The maximum absolute atomic E-state index is 14.1. The molecule has 0 spiro atoms. The lowest BCUT2D eigenvalue weighted by molar-refractivity contribution is 0.00377. The highest BCUT2D eigenvalue weighted by Gasteiger charge is 2.37. The summed E-state index contributed by atoms with van der Waals surface area (Å²) in [4.78, 5) is 55.9. The summed E-state index contributed by atoms with van der Waals surface area (Å²) in [6, 6.07) is 21.3. The second-order valence-electron chi connectivity index (χ2n) is 20.9. The van der Waals surface area contributed by atoms with Gasteiger partial charge in [-0.3, -0.25) is 9.59 Å². The van der Waals surface area contributed by atoms with Gasteiger partial charge in [0.1, 0.15) is 12.2 Å². The Kier molecular flexibility index (Phi) is 31.0. The topological polar surface area (TPSA) is 164 Å². The smallest absolute Gasteiger partial charge is 0.410 e. The van der Waals surface area contributed by atoms with Gasteiger partial charge in [0.2, 0.25) is 0 Å². The molecule has 0 bridgehead atoms. The number of ether oxygens (including phenoxy) is 8. The van der Waals surface area contributed by atoms with Crippen LogP contribution in [0, 0.1) is 0 Å². The minimum absolute atomic E-state index is 0. The Morgan fingerprint density at radius 1 is 0.590 bits per heavy atom. The number of carbonyl (C=O) groups is 4. The fourth-order valence-corrected chi connectivity index (χ4v) is 10.2. The molecule has 7 rings (SSSR count). The van der Waals surface area contributed by atoms with Crippen molar-refractivity contribution in [2.24, 2.45) is 0 Å². The van der Waals surface area contributed by atoms with E-state index in [1.807, 2.05) is 62.1 Å². The van der Waals surface area contributed by atoms with Crippen LogP contribution in [0.25, 0.3) is 0 Å². The first-order valence-corrected chi connectivity index (χ1v) is 27.9. The first kappa shape index (κ1) is 67.0. The molecule has 3 aromatic rings. The third-order valence-corrected chi connectivity index (χ3v) is 14.1. The van der Waals surface area contributed by atoms with E-state index in [0.29, 0.717) is 92.3 Å². The van der Waals surface area contributed by atoms with E-state index in [0.717, 1.165) is 76.4 Å². The molecule has 4 fully saturated rings. The van der Waals surface area contributed by atoms with Gasteiger partial charge < -0.3 is 57.9 Å². The Labute approximate surface area is 472 Å². The van der Waals surface area contributed by atoms with Gasteiger partial charge in [-0.25, -0.2) is 9.59 Å². The Balaban J connectivity index is 0.000000328. The minimum atomic E-state index is -0.550. The first-order valence-electron chi connectivity index (χ1n) is 27.5. The van der Waals surface area contributed by atoms with Crippen LogP contribution in [0.1, 0.15) is 165 Å². The monoisotopic (exact) mass is 1110 g/mol. The molecular weight excluding hydrogens is 1020 g/mol. The predicted octanol–water partition coefficient (Wildman–Crippen LogP) is 12.8. The molecule has 2 aliphatic heterocycles. The number of hydrogen-bond donors (Lipinski definition) is 1. The summed E-state index contributed by atoms with van der Waals surface area (Å²) in [6.45, 7) is 10.9. The van der Waals surface area contributed by atoms with E-state index in [1.54, 1.807) is 63.7 Å². The summed E-state index contributed by atoms with van der Waals surface area (Å²) in [7, 11) is 6.43. The number of nitrogens with zero attached hydrogens (tertiary/aromatic N) is 3. The van der Waals surface area contributed by atoms with Crippen LogP contribution in [0.2, 0.25) is 0 Å². The van der Waals surface area contributed by atoms with Crippen molar-refractivity contribution in [1.29, 1.82) is 0 Å². The Hall–Kier alpha value is -5.29. The van der Waals surface area contributed by atoms with Gasteiger partial charge in [0.05, 0.1) is 33.5 Å². The van der Waals surface area contributed by atoms with Gasteiger partial charge in [-0.1, -0.05) is 83.7 Å². The Bertz CT molecular complexity index is 2200. The number of piperidine rings is 2. The number of amides is 3. The van der Waals surface area contributed by atoms with Gasteiger partial charge in [0, 0.05) is 95.7 Å². The average molecular weight is 1110 g/mol. The van der Waals surface area contributed by atoms with Crippen molar-refractivity contribution in [2.45, 2.75) is 175 Å². The van der Waals surface area contributed by atoms with Crippen molar-refractivity contribution in [2.75, 3.05) is 81.0 Å². The number of benzene rings is 3. The second kappa shape index (κ2) is 36.1. The lowest BCUT2D eigenvalue weighted by atomic mass is 9.91. The molecule has 2 saturated carbocycles. The number of hydrogen-bond acceptors (Lipinski definition) is 13. The SMILES string of the molecule is C.C.COCCCOc1cc(C(=O)Cl)ccc1OC.COCCCOc1cc(C(=O)N(C2CCCCC2)[C@@H]2CCCN(C(=O)OC(C)(C)C)C2)ccc1OC.O=C(OCc1ccccc1)N1CCC[C@@H](NC2CCCCC2)C1. The molecule has 438 valence electrons. The van der Waals surface area contributed by atoms with Crippen LogP contribution in [-0.2, 0) is 25.6 Å². The summed E-state index contributed by atoms with van der Waals surface area (Å²) in [5.74, 6) is 2.23. The summed E-state index contributed by atoms with van der Waals surface area (Å²) in [5, 5.41) is 3.25. The molecule has 1 N–H and O–H groups in total. The molecule has 2 saturated heterocycles. The molecule has 4 aliphatic rings. The minimum Gasteiger partial charge on any atom is -0.493 e. The molecule has 2 aliphatic carbocycles. The summed E-state index contributed by atoms with van der Waals surface area (Å²) in [5.41, 5.74) is 1.45. The largest absolute Gasteiger partial charge is 0.493 e. The van der Waals surface area contributed by atoms with Gasteiger partial charge in [-0.05, 0) is 126 Å². The highest BCUT2D eigenvalue weighted by atomic mass is 35.5. The van der Waals surface area contributed by atoms with Crippen LogP contribution in [0.5, 0.6) is 23.0 Å². The zero-order valence-corrected chi connectivity index (χ0v) is 47.2. The highest BCUT2D eigenvalue weighted by Crippen LogP contribution is 2.34. The van der Waals surface area contributed by atoms with E-state index in [2.05, 4.69) is 10.2 Å². The summed E-state index contributed by atoms with van der Waals surface area (Å²) < 4.78 is 43.2. The molecule has 2 atom stereocenters. The number of halogens is 1. The number of likely N-dealkylation sites (tertiary alicyclic amines) is 2. The van der Waals surface area contributed by atoms with E-state index in [9.17, 15) is 19.2 Å². The molecule has 0 radical (unpaired) electrons. The molecule has 0 aromatic heterocycles. The fourth-order valence-electron chi connectivity index (χ4n) is 10.1. The zero-order chi connectivity index (χ0) is 54.7. The number of rotatable bonds is 20. The summed E-state index contributed by atoms with van der Waals surface area (Å²) >= 11 is 5.40. The zero-order valence-electron chi connectivity index (χ0n) is 46.5. The van der Waals surface area contributed by atoms with E-state index >= 15 is 0 Å². The van der Waals surface area contributed by atoms with Crippen LogP contribution in [0.4, 0.5) is 9.59 Å². The lowest BCUT2D eigenvalue weighted by Crippen LogP contribution is -2.56. The van der Waals surface area contributed by atoms with Crippen molar-refractivity contribution in [1.82, 2.24) is 20.0 Å². The van der Waals surface area contributed by atoms with Crippen molar-refractivity contribution >= 4 is 34.9 Å². The maximum atomic E-state index is 14.1. The van der Waals surface area contributed by atoms with Crippen LogP contribution >= 0.6 is 11.6 Å². The predicted molar refractivity (Wildman–Crippen MR) is 309 cm³/mol. The molecule has 2 heterocycles. The van der Waals surface area contributed by atoms with Crippen LogP contribution in [0.15, 0.2) is 66.7 Å². The quantitative estimate of drug-likeness (QED) is 0.0840. The van der Waals surface area contributed by atoms with Gasteiger partial charge >= 0.3 is 12.2 Å². The normalized spacial score (nSPS) is 17.7. The first-order chi connectivity index (χ1) is 36.7. The Morgan fingerprint density at radius 3 is 1.65 bits per heavy atom. The summed E-state index contributed by atoms with van der Waals surface area (Å²) in [6.07, 6.45) is 17.0. The van der Waals surface area contributed by atoms with Crippen LogP contribution in [0.3, 0.4) is 0 Å². The van der Waals surface area contributed by atoms with Gasteiger partial charge in [0.25, 0.3) is 11.1 Å². The highest BCUT2D eigenvalue weighted by molar-refractivity contribution is 6.67. The van der Waals surface area contributed by atoms with Gasteiger partial charge in [-0.2, -0.15) is 0 Å². The average Bonchev–Trinajstić information content (AvgIpc) is 3.45. The molecule has 3 aromatic carbocycles. The fraction of sp³-hybridized carbons (Fsp3) is 0.639. The molecule has 17 heteroatoms. The number of carbonyl (C=O) groups excluding carboxylic acids is 4. The molecular formula is C61H95ClN4O12. The lowest BCUT2D eigenvalue weighted by Gasteiger charge is -2.44. The third-order valence-electron chi connectivity index (χ3n) is 13.9. The van der Waals surface area contributed by atoms with E-state index < -0.39 is 10.8 Å². The molecule has 3 amide bonds. The standard InChI is InChI=1S/C28H44N2O6.C19H28N2O2.C12H15ClO4.2CH4/c1-28(2,3)36-27(32)29-16-9-13-23(20-29)30(22-11-7-6-8-12-22)26(31)21-14-15-24(34-5)25(19-21)35-18-10-17-33-4;22-19(23-15-16-8-3-1-4-9-16)21-13-7-12-18(14-21)20-17-10-5-2-6-11-17;1-15-6-3-7-17-11-8-9(12(13)14)4-5-10(11)16-2;;/h14-15,19,22-23H,6-13,16-18,20H2,1-5H3;1,3-4,8-9,17-18,20H,2,5-7,10-15H2;4-5,8H,3,6-7H2,1-2H3;2*1H4/t23-;18-;;;/m11.../s1. The molecule has 16 nitrogen and oxygen atoms in total. The van der Waals surface area contributed by atoms with Crippen molar-refractivity contribution < 1.29 is 57.1 Å². The second-order valence-corrected chi connectivity index (χ2v) is 21.3. The van der Waals surface area contributed by atoms with Gasteiger partial charge in [-0.15, -0.1) is 0 Å². The maximum Gasteiger partial charge on any atom is 0.410 e. The van der Waals surface area contributed by atoms with E-state index in [1.165, 1.54) is 44.9 Å². The van der Waals surface area contributed by atoms with Gasteiger partial charge in [0.15, 0.2) is 23.0 Å². The van der Waals surface area contributed by atoms with Crippen molar-refractivity contribution in [3.05, 3.63) is 83.4 Å².